The number of ketones is 1. The maximum absolute atomic E-state index is 11.2. The molecule has 1 fully saturated rings. The molecule has 0 radical (unpaired) electrons. The van der Waals surface area contributed by atoms with E-state index < -0.39 is 11.6 Å². The number of carbonyl (C=O) groups is 2. The number of carboxylic acids is 1. The molecule has 0 bridgehead atoms. The fourth-order valence-electron chi connectivity index (χ4n) is 1.53. The molecular formula is C8H12O4. The third-order valence-corrected chi connectivity index (χ3v) is 2.12. The minimum atomic E-state index is -1.52. The highest BCUT2D eigenvalue weighted by atomic mass is 16.5. The highest BCUT2D eigenvalue weighted by Crippen LogP contribution is 2.30. The molecule has 1 aliphatic rings. The Morgan fingerprint density at radius 1 is 1.75 bits per heavy atom. The molecule has 0 amide bonds. The van der Waals surface area contributed by atoms with Crippen molar-refractivity contribution < 1.29 is 19.4 Å². The second-order valence-electron chi connectivity index (χ2n) is 2.84. The van der Waals surface area contributed by atoms with Crippen LogP contribution in [0.2, 0.25) is 0 Å². The fraction of sp³-hybridized carbons (Fsp3) is 0.750. The van der Waals surface area contributed by atoms with Crippen molar-refractivity contribution >= 4 is 11.8 Å². The molecule has 1 N–H and O–H groups in total. The molecule has 4 nitrogen and oxygen atoms in total. The van der Waals surface area contributed by atoms with Crippen molar-refractivity contribution in [3.05, 3.63) is 0 Å². The van der Waals surface area contributed by atoms with Crippen molar-refractivity contribution in [2.45, 2.75) is 31.8 Å². The molecule has 0 saturated heterocycles. The van der Waals surface area contributed by atoms with Gasteiger partial charge in [-0.25, -0.2) is 4.79 Å². The summed E-state index contributed by atoms with van der Waals surface area (Å²) in [5, 5.41) is 8.82. The summed E-state index contributed by atoms with van der Waals surface area (Å²) in [4.78, 5) is 22.0. The summed E-state index contributed by atoms with van der Waals surface area (Å²) in [7, 11) is 0. The van der Waals surface area contributed by atoms with Crippen LogP contribution in [-0.4, -0.2) is 29.1 Å². The maximum Gasteiger partial charge on any atom is 0.343 e. The van der Waals surface area contributed by atoms with E-state index >= 15 is 0 Å². The second kappa shape index (κ2) is 3.23. The van der Waals surface area contributed by atoms with E-state index in [1.54, 1.807) is 6.92 Å². The monoisotopic (exact) mass is 172 g/mol. The van der Waals surface area contributed by atoms with Gasteiger partial charge >= 0.3 is 5.97 Å². The highest BCUT2D eigenvalue weighted by Gasteiger charge is 2.49. The van der Waals surface area contributed by atoms with Crippen LogP contribution >= 0.6 is 0 Å². The highest BCUT2D eigenvalue weighted by molar-refractivity contribution is 6.07. The lowest BCUT2D eigenvalue weighted by Gasteiger charge is -2.21. The third-order valence-electron chi connectivity index (χ3n) is 2.12. The molecule has 0 heterocycles. The molecule has 1 aliphatic carbocycles. The van der Waals surface area contributed by atoms with Gasteiger partial charge in [-0.15, -0.1) is 0 Å². The Kier molecular flexibility index (Phi) is 2.47. The number of rotatable bonds is 3. The van der Waals surface area contributed by atoms with E-state index in [2.05, 4.69) is 0 Å². The van der Waals surface area contributed by atoms with Gasteiger partial charge in [-0.05, 0) is 19.8 Å². The van der Waals surface area contributed by atoms with Gasteiger partial charge < -0.3 is 9.84 Å². The Morgan fingerprint density at radius 2 is 2.42 bits per heavy atom. The second-order valence-corrected chi connectivity index (χ2v) is 2.84. The van der Waals surface area contributed by atoms with Crippen LogP contribution in [-0.2, 0) is 14.3 Å². The Labute approximate surface area is 70.5 Å². The zero-order valence-electron chi connectivity index (χ0n) is 7.00. The first-order valence-corrected chi connectivity index (χ1v) is 4.04. The quantitative estimate of drug-likeness (QED) is 0.633. The molecule has 1 saturated carbocycles. The van der Waals surface area contributed by atoms with Crippen molar-refractivity contribution in [2.24, 2.45) is 0 Å². The van der Waals surface area contributed by atoms with Crippen molar-refractivity contribution in [2.75, 3.05) is 6.61 Å². The van der Waals surface area contributed by atoms with E-state index in [0.29, 0.717) is 19.3 Å². The van der Waals surface area contributed by atoms with Crippen LogP contribution in [0.5, 0.6) is 0 Å². The Morgan fingerprint density at radius 3 is 2.75 bits per heavy atom. The van der Waals surface area contributed by atoms with Crippen molar-refractivity contribution in [1.29, 1.82) is 0 Å². The van der Waals surface area contributed by atoms with E-state index in [1.165, 1.54) is 0 Å². The molecule has 12 heavy (non-hydrogen) atoms. The Balaban J connectivity index is 2.85. The first-order valence-electron chi connectivity index (χ1n) is 4.04. The van der Waals surface area contributed by atoms with Crippen LogP contribution in [0.15, 0.2) is 0 Å². The molecule has 0 aromatic rings. The van der Waals surface area contributed by atoms with Crippen LogP contribution in [0.1, 0.15) is 26.2 Å². The van der Waals surface area contributed by atoms with E-state index in [1.807, 2.05) is 0 Å². The molecular weight excluding hydrogens is 160 g/mol. The average molecular weight is 172 g/mol. The number of carboxylic acid groups (broad SMARTS) is 1. The zero-order chi connectivity index (χ0) is 9.19. The molecule has 4 heteroatoms. The van der Waals surface area contributed by atoms with Gasteiger partial charge in [0.1, 0.15) is 0 Å². The lowest BCUT2D eigenvalue weighted by molar-refractivity contribution is -0.169. The molecule has 1 atom stereocenters. The number of hydrogen-bond donors (Lipinski definition) is 1. The predicted octanol–water partition coefficient (Wildman–Crippen LogP) is 0.599. The van der Waals surface area contributed by atoms with E-state index in [0.717, 1.165) is 0 Å². The topological polar surface area (TPSA) is 63.6 Å². The summed E-state index contributed by atoms with van der Waals surface area (Å²) in [6.45, 7) is 1.95. The number of hydrogen-bond acceptors (Lipinski definition) is 3. The third kappa shape index (κ3) is 1.22. The lowest BCUT2D eigenvalue weighted by Crippen LogP contribution is -2.45. The van der Waals surface area contributed by atoms with Gasteiger partial charge in [0.25, 0.3) is 0 Å². The largest absolute Gasteiger partial charge is 0.479 e. The normalized spacial score (nSPS) is 29.2. The van der Waals surface area contributed by atoms with E-state index in [9.17, 15) is 9.59 Å². The lowest BCUT2D eigenvalue weighted by atomic mass is 10.0. The molecule has 0 aliphatic heterocycles. The summed E-state index contributed by atoms with van der Waals surface area (Å²) in [6, 6.07) is 0. The first-order chi connectivity index (χ1) is 5.63. The molecule has 1 unspecified atom stereocenters. The van der Waals surface area contributed by atoms with Gasteiger partial charge in [-0.2, -0.15) is 0 Å². The van der Waals surface area contributed by atoms with Crippen LogP contribution in [0, 0.1) is 0 Å². The Hall–Kier alpha value is -0.900. The summed E-state index contributed by atoms with van der Waals surface area (Å²) < 4.78 is 5.02. The minimum absolute atomic E-state index is 0.262. The van der Waals surface area contributed by atoms with Gasteiger partial charge in [0.05, 0.1) is 0 Å². The summed E-state index contributed by atoms with van der Waals surface area (Å²) in [6.07, 6.45) is 1.26. The molecule has 0 spiro atoms. The predicted molar refractivity (Wildman–Crippen MR) is 40.9 cm³/mol. The zero-order valence-corrected chi connectivity index (χ0v) is 7.00. The number of ether oxygens (including phenoxy) is 1. The summed E-state index contributed by atoms with van der Waals surface area (Å²) >= 11 is 0. The van der Waals surface area contributed by atoms with Crippen LogP contribution < -0.4 is 0 Å². The van der Waals surface area contributed by atoms with Crippen LogP contribution in [0.3, 0.4) is 0 Å². The molecule has 68 valence electrons. The standard InChI is InChI=1S/C8H12O4/c1-2-12-8(7(10)11)5-3-4-6(8)9/h2-5H2,1H3,(H,10,11). The summed E-state index contributed by atoms with van der Waals surface area (Å²) in [5.41, 5.74) is -1.52. The smallest absolute Gasteiger partial charge is 0.343 e. The first kappa shape index (κ1) is 9.19. The average Bonchev–Trinajstić information content (AvgIpc) is 2.34. The fourth-order valence-corrected chi connectivity index (χ4v) is 1.53. The van der Waals surface area contributed by atoms with Gasteiger partial charge in [0, 0.05) is 13.0 Å². The van der Waals surface area contributed by atoms with Crippen LogP contribution in [0.4, 0.5) is 0 Å². The van der Waals surface area contributed by atoms with E-state index in [-0.39, 0.29) is 12.4 Å². The molecule has 0 aromatic heterocycles. The summed E-state index contributed by atoms with van der Waals surface area (Å²) in [5.74, 6) is -1.44. The van der Waals surface area contributed by atoms with Gasteiger partial charge in [-0.1, -0.05) is 0 Å². The SMILES string of the molecule is CCOC1(C(=O)O)CCCC1=O. The van der Waals surface area contributed by atoms with Gasteiger partial charge in [-0.3, -0.25) is 4.79 Å². The van der Waals surface area contributed by atoms with Gasteiger partial charge in [0.15, 0.2) is 5.78 Å². The van der Waals surface area contributed by atoms with Crippen molar-refractivity contribution in [1.82, 2.24) is 0 Å². The van der Waals surface area contributed by atoms with Gasteiger partial charge in [0.2, 0.25) is 5.60 Å². The van der Waals surface area contributed by atoms with Crippen molar-refractivity contribution in [3.8, 4) is 0 Å². The van der Waals surface area contributed by atoms with E-state index in [4.69, 9.17) is 9.84 Å². The maximum atomic E-state index is 11.2. The molecule has 1 rings (SSSR count). The number of aliphatic carboxylic acids is 1. The number of Topliss-reactive ketones (excluding diaryl/α,β-unsaturated/α-hetero) is 1. The molecule has 0 aromatic carbocycles. The van der Waals surface area contributed by atoms with Crippen LogP contribution in [0.25, 0.3) is 0 Å². The minimum Gasteiger partial charge on any atom is -0.479 e. The number of carbonyl (C=O) groups excluding carboxylic acids is 1. The Bertz CT molecular complexity index is 211. The van der Waals surface area contributed by atoms with Crippen molar-refractivity contribution in [3.63, 3.8) is 0 Å².